The molecular formula is C31H43N3O8. The summed E-state index contributed by atoms with van der Waals surface area (Å²) in [6.45, 7) is 10.9. The van der Waals surface area contributed by atoms with Crippen molar-refractivity contribution in [1.29, 1.82) is 0 Å². The second-order valence-corrected chi connectivity index (χ2v) is 10.6. The number of Topliss-reactive ketones (excluding diaryl/α,β-unsaturated/α-hetero) is 1. The molecule has 0 aromatic heterocycles. The molecule has 0 saturated heterocycles. The first kappa shape index (κ1) is 34.4. The van der Waals surface area contributed by atoms with E-state index in [9.17, 15) is 24.3 Å². The summed E-state index contributed by atoms with van der Waals surface area (Å²) in [7, 11) is 2.92. The summed E-state index contributed by atoms with van der Waals surface area (Å²) in [5.74, 6) is -2.14. The molecular weight excluding hydrogens is 542 g/mol. The molecule has 1 aliphatic heterocycles. The first-order chi connectivity index (χ1) is 19.8. The lowest BCUT2D eigenvalue weighted by molar-refractivity contribution is -0.120. The maximum atomic E-state index is 13.5. The molecule has 0 unspecified atom stereocenters. The van der Waals surface area contributed by atoms with Crippen molar-refractivity contribution < 1.29 is 38.5 Å². The predicted molar refractivity (Wildman–Crippen MR) is 158 cm³/mol. The Morgan fingerprint density at radius 1 is 1.21 bits per heavy atom. The molecule has 1 heterocycles. The first-order valence-electron chi connectivity index (χ1n) is 13.8. The molecule has 11 nitrogen and oxygen atoms in total. The highest BCUT2D eigenvalue weighted by Gasteiger charge is 2.33. The third kappa shape index (κ3) is 9.10. The van der Waals surface area contributed by atoms with E-state index in [0.29, 0.717) is 12.0 Å². The Hall–Kier alpha value is -3.80. The van der Waals surface area contributed by atoms with E-state index in [1.165, 1.54) is 20.3 Å². The van der Waals surface area contributed by atoms with Gasteiger partial charge in [0.05, 0.1) is 23.6 Å². The van der Waals surface area contributed by atoms with Gasteiger partial charge in [-0.3, -0.25) is 14.4 Å². The Morgan fingerprint density at radius 3 is 2.50 bits per heavy atom. The van der Waals surface area contributed by atoms with Crippen LogP contribution in [0.5, 0.6) is 0 Å². The molecule has 5 N–H and O–H groups in total. The number of carbonyl (C=O) groups is 4. The highest BCUT2D eigenvalue weighted by Crippen LogP contribution is 2.28. The number of amides is 2. The largest absolute Gasteiger partial charge is 0.439 e. The highest BCUT2D eigenvalue weighted by atomic mass is 16.6. The molecule has 0 aromatic carbocycles. The van der Waals surface area contributed by atoms with Gasteiger partial charge in [-0.1, -0.05) is 44.2 Å². The van der Waals surface area contributed by atoms with Crippen LogP contribution in [0, 0.1) is 11.8 Å². The van der Waals surface area contributed by atoms with Crippen LogP contribution in [0.2, 0.25) is 0 Å². The van der Waals surface area contributed by atoms with Crippen molar-refractivity contribution >= 4 is 23.6 Å². The maximum Gasteiger partial charge on any atom is 0.405 e. The number of nitrogens with two attached hydrogens (primary N) is 1. The van der Waals surface area contributed by atoms with Gasteiger partial charge in [0.25, 0.3) is 5.91 Å². The third-order valence-corrected chi connectivity index (χ3v) is 7.22. The number of aliphatic hydroxyl groups is 1. The van der Waals surface area contributed by atoms with Crippen molar-refractivity contribution in [3.05, 3.63) is 71.1 Å². The van der Waals surface area contributed by atoms with E-state index in [1.807, 2.05) is 6.92 Å². The van der Waals surface area contributed by atoms with Gasteiger partial charge in [-0.05, 0) is 38.2 Å². The van der Waals surface area contributed by atoms with E-state index >= 15 is 0 Å². The minimum absolute atomic E-state index is 0.132. The number of rotatable bonds is 6. The quantitative estimate of drug-likeness (QED) is 0.271. The van der Waals surface area contributed by atoms with Crippen LogP contribution in [0.3, 0.4) is 0 Å². The van der Waals surface area contributed by atoms with E-state index < -0.39 is 53.9 Å². The van der Waals surface area contributed by atoms with E-state index in [0.717, 1.165) is 6.08 Å². The molecule has 0 saturated carbocycles. The Bertz CT molecular complexity index is 1210. The average molecular weight is 586 g/mol. The van der Waals surface area contributed by atoms with Crippen molar-refractivity contribution in [3.8, 4) is 0 Å². The molecule has 0 spiro atoms. The molecule has 0 radical (unpaired) electrons. The van der Waals surface area contributed by atoms with E-state index in [4.69, 9.17) is 19.9 Å². The van der Waals surface area contributed by atoms with Crippen LogP contribution in [0.4, 0.5) is 4.79 Å². The van der Waals surface area contributed by atoms with Gasteiger partial charge in [0.2, 0.25) is 11.6 Å². The average Bonchev–Trinajstić information content (AvgIpc) is 2.94. The normalized spacial score (nSPS) is 28.4. The smallest absolute Gasteiger partial charge is 0.405 e. The molecule has 2 aliphatic rings. The third-order valence-electron chi connectivity index (χ3n) is 7.22. The van der Waals surface area contributed by atoms with Crippen LogP contribution in [-0.2, 0) is 28.6 Å². The topological polar surface area (TPSA) is 166 Å². The van der Waals surface area contributed by atoms with Crippen molar-refractivity contribution in [3.63, 3.8) is 0 Å². The van der Waals surface area contributed by atoms with E-state index in [-0.39, 0.29) is 41.4 Å². The fourth-order valence-electron chi connectivity index (χ4n) is 4.95. The van der Waals surface area contributed by atoms with Crippen molar-refractivity contribution in [1.82, 2.24) is 10.6 Å². The van der Waals surface area contributed by atoms with Gasteiger partial charge in [-0.25, -0.2) is 4.79 Å². The van der Waals surface area contributed by atoms with Gasteiger partial charge >= 0.3 is 6.09 Å². The number of carbonyl (C=O) groups excluding carboxylic acids is 4. The maximum absolute atomic E-state index is 13.5. The molecule has 2 bridgehead atoms. The highest BCUT2D eigenvalue weighted by molar-refractivity contribution is 6.23. The lowest BCUT2D eigenvalue weighted by Crippen LogP contribution is -2.37. The van der Waals surface area contributed by atoms with Gasteiger partial charge in [0.1, 0.15) is 6.10 Å². The first-order valence-corrected chi connectivity index (χ1v) is 13.8. The summed E-state index contributed by atoms with van der Waals surface area (Å²) in [5, 5.41) is 16.7. The van der Waals surface area contributed by atoms with Gasteiger partial charge in [0, 0.05) is 43.9 Å². The molecule has 11 heteroatoms. The molecule has 2 rings (SSSR count). The van der Waals surface area contributed by atoms with Crippen LogP contribution >= 0.6 is 0 Å². The zero-order chi connectivity index (χ0) is 31.6. The van der Waals surface area contributed by atoms with Crippen LogP contribution < -0.4 is 16.4 Å². The van der Waals surface area contributed by atoms with Gasteiger partial charge in [0.15, 0.2) is 6.10 Å². The minimum Gasteiger partial charge on any atom is -0.439 e. The number of ether oxygens (including phenoxy) is 3. The lowest BCUT2D eigenvalue weighted by Gasteiger charge is -2.30. The number of hydrogen-bond donors (Lipinski definition) is 4. The fraction of sp³-hybridized carbons (Fsp3) is 0.484. The molecule has 230 valence electrons. The van der Waals surface area contributed by atoms with Crippen molar-refractivity contribution in [2.45, 2.75) is 65.0 Å². The molecule has 1 aliphatic carbocycles. The Morgan fingerprint density at radius 2 is 1.90 bits per heavy atom. The molecule has 0 aromatic rings. The molecule has 6 atom stereocenters. The minimum atomic E-state index is -1.00. The van der Waals surface area contributed by atoms with Crippen LogP contribution in [0.15, 0.2) is 71.1 Å². The monoisotopic (exact) mass is 585 g/mol. The van der Waals surface area contributed by atoms with Gasteiger partial charge < -0.3 is 35.7 Å². The number of nitrogens with one attached hydrogen (secondary N) is 2. The zero-order valence-electron chi connectivity index (χ0n) is 25.1. The summed E-state index contributed by atoms with van der Waals surface area (Å²) < 4.78 is 16.6. The number of methoxy groups -OCH3 is 2. The summed E-state index contributed by atoms with van der Waals surface area (Å²) in [4.78, 5) is 51.3. The summed E-state index contributed by atoms with van der Waals surface area (Å²) in [6, 6.07) is 0. The van der Waals surface area contributed by atoms with Gasteiger partial charge in [-0.2, -0.15) is 0 Å². The van der Waals surface area contributed by atoms with Crippen molar-refractivity contribution in [2.24, 2.45) is 17.6 Å². The summed E-state index contributed by atoms with van der Waals surface area (Å²) in [6.07, 6.45) is 5.34. The Labute approximate surface area is 247 Å². The fourth-order valence-corrected chi connectivity index (χ4v) is 4.95. The number of ketones is 2. The number of primary amides is 1. The Balaban J connectivity index is 2.62. The molecule has 0 fully saturated rings. The standard InChI is InChI=1S/C31H43N3O8/c1-8-12-33-26-21-13-17(2)14-25(41-7)27(36)19(4)15-20(5)29(42-31(32)39)24(40-6)11-9-10-18(3)30(38)34-22(28(21)37)16-23(26)35/h8-11,15-17,19,24-25,27,29,33,36H,1,12-14H2,2-7H3,(H2,32,39)(H,34,38)/t17-,19+,24+,25-,27+,29+/m1/s1. The van der Waals surface area contributed by atoms with E-state index in [1.54, 1.807) is 45.1 Å². The number of fused-ring (bicyclic) bond motifs is 2. The number of allylic oxidation sites excluding steroid dienone is 4. The van der Waals surface area contributed by atoms with Crippen LogP contribution in [0.1, 0.15) is 40.5 Å². The lowest BCUT2D eigenvalue weighted by atomic mass is 9.85. The predicted octanol–water partition coefficient (Wildman–Crippen LogP) is 2.54. The summed E-state index contributed by atoms with van der Waals surface area (Å²) in [5.41, 5.74) is 6.42. The van der Waals surface area contributed by atoms with Crippen LogP contribution in [-0.4, -0.2) is 73.9 Å². The number of aliphatic hydroxyl groups excluding tert-OH is 1. The van der Waals surface area contributed by atoms with Gasteiger partial charge in [-0.15, -0.1) is 6.58 Å². The second-order valence-electron chi connectivity index (χ2n) is 10.6. The second kappa shape index (κ2) is 16.0. The van der Waals surface area contributed by atoms with Crippen LogP contribution in [0.25, 0.3) is 0 Å². The zero-order valence-corrected chi connectivity index (χ0v) is 25.1. The molecule has 42 heavy (non-hydrogen) atoms. The van der Waals surface area contributed by atoms with E-state index in [2.05, 4.69) is 17.2 Å². The summed E-state index contributed by atoms with van der Waals surface area (Å²) >= 11 is 0. The molecule has 2 amide bonds. The Kier molecular flexibility index (Phi) is 13.1. The SMILES string of the molecule is C=CCNC1=C2C[C@@H](C)C[C@@H](OC)[C@@H](O)[C@@H](C)C=C(C)[C@H](OC(N)=O)[C@@H](OC)C=CC=C(C)C(=O)NC(=CC1=O)C2=O. The van der Waals surface area contributed by atoms with Crippen molar-refractivity contribution in [2.75, 3.05) is 20.8 Å². The number of hydrogen-bond acceptors (Lipinski definition) is 9.